The average molecular weight is 159 g/mol. The van der Waals surface area contributed by atoms with Gasteiger partial charge in [-0.2, -0.15) is 0 Å². The topological polar surface area (TPSA) is 12.9 Å². The summed E-state index contributed by atoms with van der Waals surface area (Å²) in [7, 11) is 0. The lowest BCUT2D eigenvalue weighted by atomic mass is 10.1. The largest absolute Gasteiger partial charge is 0.253 e. The van der Waals surface area contributed by atoms with Gasteiger partial charge in [-0.05, 0) is 30.0 Å². The predicted molar refractivity (Wildman–Crippen MR) is 51.1 cm³/mol. The number of hydrogen-bond donors (Lipinski definition) is 0. The van der Waals surface area contributed by atoms with Crippen molar-refractivity contribution in [2.75, 3.05) is 0 Å². The maximum atomic E-state index is 4.57. The maximum Gasteiger partial charge on any atom is 0.0665 e. The molecule has 1 aliphatic carbocycles. The number of rotatable bonds is 1. The number of nitrogens with zero attached hydrogens (tertiary/aromatic N) is 1. The SMILES string of the molecule is CC(C)c1ccc2c(n1)C=CC2. The Labute approximate surface area is 73.1 Å². The first-order chi connectivity index (χ1) is 5.77. The third-order valence-electron chi connectivity index (χ3n) is 2.24. The van der Waals surface area contributed by atoms with E-state index < -0.39 is 0 Å². The van der Waals surface area contributed by atoms with Crippen molar-refractivity contribution in [1.29, 1.82) is 0 Å². The van der Waals surface area contributed by atoms with Gasteiger partial charge in [-0.1, -0.05) is 26.0 Å². The minimum absolute atomic E-state index is 0.532. The third kappa shape index (κ3) is 1.15. The Hall–Kier alpha value is -1.11. The zero-order valence-electron chi connectivity index (χ0n) is 7.54. The van der Waals surface area contributed by atoms with Gasteiger partial charge in [0.2, 0.25) is 0 Å². The number of hydrogen-bond acceptors (Lipinski definition) is 1. The van der Waals surface area contributed by atoms with Gasteiger partial charge in [0.1, 0.15) is 0 Å². The van der Waals surface area contributed by atoms with Crippen LogP contribution in [0.2, 0.25) is 0 Å². The van der Waals surface area contributed by atoms with E-state index in [1.807, 2.05) is 0 Å². The number of allylic oxidation sites excluding steroid dienone is 1. The van der Waals surface area contributed by atoms with Gasteiger partial charge >= 0.3 is 0 Å². The highest BCUT2D eigenvalue weighted by Gasteiger charge is 2.08. The van der Waals surface area contributed by atoms with Gasteiger partial charge < -0.3 is 0 Å². The summed E-state index contributed by atoms with van der Waals surface area (Å²) in [6.07, 6.45) is 5.34. The van der Waals surface area contributed by atoms with Crippen molar-refractivity contribution in [2.24, 2.45) is 0 Å². The fourth-order valence-corrected chi connectivity index (χ4v) is 1.46. The van der Waals surface area contributed by atoms with Crippen molar-refractivity contribution < 1.29 is 0 Å². The van der Waals surface area contributed by atoms with Crippen molar-refractivity contribution in [3.8, 4) is 0 Å². The van der Waals surface area contributed by atoms with E-state index in [1.165, 1.54) is 17.0 Å². The summed E-state index contributed by atoms with van der Waals surface area (Å²) in [6, 6.07) is 4.33. The summed E-state index contributed by atoms with van der Waals surface area (Å²) in [5.74, 6) is 0.532. The first kappa shape index (κ1) is 7.53. The molecule has 2 rings (SSSR count). The highest BCUT2D eigenvalue weighted by atomic mass is 14.7. The minimum Gasteiger partial charge on any atom is -0.253 e. The fraction of sp³-hybridized carbons (Fsp3) is 0.364. The Morgan fingerprint density at radius 2 is 2.17 bits per heavy atom. The molecular weight excluding hydrogens is 146 g/mol. The van der Waals surface area contributed by atoms with Crippen molar-refractivity contribution in [2.45, 2.75) is 26.2 Å². The van der Waals surface area contributed by atoms with Crippen LogP contribution in [0.3, 0.4) is 0 Å². The lowest BCUT2D eigenvalue weighted by Crippen LogP contribution is -1.95. The van der Waals surface area contributed by atoms with E-state index >= 15 is 0 Å². The molecule has 0 aliphatic heterocycles. The van der Waals surface area contributed by atoms with Crippen molar-refractivity contribution in [3.63, 3.8) is 0 Å². The van der Waals surface area contributed by atoms with Crippen LogP contribution >= 0.6 is 0 Å². The Bertz CT molecular complexity index is 324. The summed E-state index contributed by atoms with van der Waals surface area (Å²) in [5, 5.41) is 0. The van der Waals surface area contributed by atoms with E-state index in [4.69, 9.17) is 0 Å². The summed E-state index contributed by atoms with van der Waals surface area (Å²) >= 11 is 0. The summed E-state index contributed by atoms with van der Waals surface area (Å²) in [6.45, 7) is 4.35. The molecule has 1 aliphatic rings. The van der Waals surface area contributed by atoms with Crippen LogP contribution in [0.1, 0.15) is 36.7 Å². The maximum absolute atomic E-state index is 4.57. The lowest BCUT2D eigenvalue weighted by molar-refractivity contribution is 0.819. The van der Waals surface area contributed by atoms with Gasteiger partial charge in [0.15, 0.2) is 0 Å². The van der Waals surface area contributed by atoms with Crippen LogP contribution in [-0.4, -0.2) is 4.98 Å². The molecule has 1 aromatic rings. The second-order valence-electron chi connectivity index (χ2n) is 3.54. The molecule has 0 fully saturated rings. The number of pyridine rings is 1. The molecule has 0 aromatic carbocycles. The molecule has 62 valence electrons. The summed E-state index contributed by atoms with van der Waals surface area (Å²) < 4.78 is 0. The van der Waals surface area contributed by atoms with Crippen molar-refractivity contribution in [1.82, 2.24) is 4.98 Å². The lowest BCUT2D eigenvalue weighted by Gasteiger charge is -2.05. The first-order valence-corrected chi connectivity index (χ1v) is 4.44. The van der Waals surface area contributed by atoms with Gasteiger partial charge in [-0.15, -0.1) is 0 Å². The highest BCUT2D eigenvalue weighted by molar-refractivity contribution is 5.56. The molecule has 1 nitrogen and oxygen atoms in total. The van der Waals surface area contributed by atoms with E-state index in [2.05, 4.69) is 43.1 Å². The molecule has 1 aromatic heterocycles. The van der Waals surface area contributed by atoms with Gasteiger partial charge in [0, 0.05) is 5.69 Å². The Morgan fingerprint density at radius 3 is 2.92 bits per heavy atom. The monoisotopic (exact) mass is 159 g/mol. The van der Waals surface area contributed by atoms with E-state index in [9.17, 15) is 0 Å². The molecule has 0 amide bonds. The predicted octanol–water partition coefficient (Wildman–Crippen LogP) is 2.77. The van der Waals surface area contributed by atoms with Crippen molar-refractivity contribution >= 4 is 6.08 Å². The Balaban J connectivity index is 2.44. The second-order valence-corrected chi connectivity index (χ2v) is 3.54. The molecule has 1 heteroatoms. The van der Waals surface area contributed by atoms with Crippen LogP contribution in [0, 0.1) is 0 Å². The molecular formula is C11H13N. The highest BCUT2D eigenvalue weighted by Crippen LogP contribution is 2.20. The molecule has 0 spiro atoms. The van der Waals surface area contributed by atoms with Gasteiger partial charge in [-0.3, -0.25) is 4.98 Å². The summed E-state index contributed by atoms with van der Waals surface area (Å²) in [5.41, 5.74) is 3.72. The molecule has 0 radical (unpaired) electrons. The van der Waals surface area contributed by atoms with Crippen LogP contribution in [-0.2, 0) is 6.42 Å². The first-order valence-electron chi connectivity index (χ1n) is 4.44. The molecule has 0 unspecified atom stereocenters. The molecule has 0 atom stereocenters. The van der Waals surface area contributed by atoms with Gasteiger partial charge in [0.25, 0.3) is 0 Å². The Morgan fingerprint density at radius 1 is 1.33 bits per heavy atom. The molecule has 0 bridgehead atoms. The van der Waals surface area contributed by atoms with Crippen LogP contribution in [0.4, 0.5) is 0 Å². The minimum atomic E-state index is 0.532. The zero-order chi connectivity index (χ0) is 8.55. The standard InChI is InChI=1S/C11H13N/c1-8(2)10-7-6-9-4-3-5-11(9)12-10/h3,5-8H,4H2,1-2H3. The van der Waals surface area contributed by atoms with Crippen LogP contribution < -0.4 is 0 Å². The van der Waals surface area contributed by atoms with Gasteiger partial charge in [-0.25, -0.2) is 0 Å². The van der Waals surface area contributed by atoms with Crippen LogP contribution in [0.5, 0.6) is 0 Å². The molecule has 1 heterocycles. The van der Waals surface area contributed by atoms with E-state index in [0.717, 1.165) is 6.42 Å². The molecule has 0 saturated heterocycles. The van der Waals surface area contributed by atoms with Crippen LogP contribution in [0.25, 0.3) is 6.08 Å². The quantitative estimate of drug-likeness (QED) is 0.614. The second kappa shape index (κ2) is 2.74. The van der Waals surface area contributed by atoms with E-state index in [1.54, 1.807) is 0 Å². The normalized spacial score (nSPS) is 13.9. The van der Waals surface area contributed by atoms with Crippen LogP contribution in [0.15, 0.2) is 18.2 Å². The number of fused-ring (bicyclic) bond motifs is 1. The smallest absolute Gasteiger partial charge is 0.0665 e. The zero-order valence-corrected chi connectivity index (χ0v) is 7.54. The third-order valence-corrected chi connectivity index (χ3v) is 2.24. The molecule has 0 saturated carbocycles. The van der Waals surface area contributed by atoms with E-state index in [0.29, 0.717) is 5.92 Å². The molecule has 0 N–H and O–H groups in total. The van der Waals surface area contributed by atoms with E-state index in [-0.39, 0.29) is 0 Å². The van der Waals surface area contributed by atoms with Gasteiger partial charge in [0.05, 0.1) is 5.69 Å². The summed E-state index contributed by atoms with van der Waals surface area (Å²) in [4.78, 5) is 4.57. The number of aromatic nitrogens is 1. The van der Waals surface area contributed by atoms with Crippen molar-refractivity contribution in [3.05, 3.63) is 35.2 Å². The molecule has 12 heavy (non-hydrogen) atoms. The average Bonchev–Trinajstić information content (AvgIpc) is 2.49. The fourth-order valence-electron chi connectivity index (χ4n) is 1.46. The Kier molecular flexibility index (Phi) is 1.72.